The second-order valence-corrected chi connectivity index (χ2v) is 7.17. The first-order valence-corrected chi connectivity index (χ1v) is 10.0. The van der Waals surface area contributed by atoms with E-state index in [4.69, 9.17) is 18.9 Å². The van der Waals surface area contributed by atoms with Crippen LogP contribution in [-0.2, 0) is 0 Å². The van der Waals surface area contributed by atoms with Gasteiger partial charge in [-0.25, -0.2) is 0 Å². The number of ether oxygens (including phenoxy) is 4. The number of rotatable bonds is 6. The SMILES string of the molecule is COc1cc(/C=C/c2cccc(-c3ccc4c(c3)OCCO4)c2C)cc(OC)c1C=O. The number of hydrogen-bond acceptors (Lipinski definition) is 5. The summed E-state index contributed by atoms with van der Waals surface area (Å²) in [6, 6.07) is 15.9. The first-order chi connectivity index (χ1) is 15.1. The molecule has 4 rings (SSSR count). The Kier molecular flexibility index (Phi) is 5.94. The van der Waals surface area contributed by atoms with Crippen molar-refractivity contribution in [3.8, 4) is 34.1 Å². The fraction of sp³-hybridized carbons (Fsp3) is 0.192. The predicted molar refractivity (Wildman–Crippen MR) is 121 cm³/mol. The van der Waals surface area contributed by atoms with Gasteiger partial charge < -0.3 is 18.9 Å². The molecular weight excluding hydrogens is 392 g/mol. The highest BCUT2D eigenvalue weighted by Crippen LogP contribution is 2.36. The summed E-state index contributed by atoms with van der Waals surface area (Å²) in [5, 5.41) is 0. The molecule has 0 atom stereocenters. The van der Waals surface area contributed by atoms with E-state index in [1.165, 1.54) is 14.2 Å². The summed E-state index contributed by atoms with van der Waals surface area (Å²) in [6.45, 7) is 3.24. The molecule has 3 aromatic carbocycles. The van der Waals surface area contributed by atoms with Crippen molar-refractivity contribution in [2.24, 2.45) is 0 Å². The minimum atomic E-state index is 0.402. The van der Waals surface area contributed by atoms with Crippen molar-refractivity contribution < 1.29 is 23.7 Å². The van der Waals surface area contributed by atoms with Gasteiger partial charge in [-0.1, -0.05) is 36.4 Å². The maximum atomic E-state index is 11.4. The second kappa shape index (κ2) is 8.96. The molecule has 0 bridgehead atoms. The van der Waals surface area contributed by atoms with Crippen molar-refractivity contribution in [3.63, 3.8) is 0 Å². The Labute approximate surface area is 181 Å². The maximum absolute atomic E-state index is 11.4. The van der Waals surface area contributed by atoms with E-state index >= 15 is 0 Å². The molecule has 0 saturated carbocycles. The molecule has 3 aromatic rings. The number of hydrogen-bond donors (Lipinski definition) is 0. The van der Waals surface area contributed by atoms with E-state index in [2.05, 4.69) is 25.1 Å². The third-order valence-electron chi connectivity index (χ3n) is 5.37. The highest BCUT2D eigenvalue weighted by molar-refractivity contribution is 5.86. The van der Waals surface area contributed by atoms with Crippen LogP contribution in [0.2, 0.25) is 0 Å². The minimum absolute atomic E-state index is 0.402. The highest BCUT2D eigenvalue weighted by atomic mass is 16.6. The van der Waals surface area contributed by atoms with Crippen LogP contribution < -0.4 is 18.9 Å². The Morgan fingerprint density at radius 1 is 0.871 bits per heavy atom. The Balaban J connectivity index is 1.68. The topological polar surface area (TPSA) is 54.0 Å². The smallest absolute Gasteiger partial charge is 0.161 e. The summed E-state index contributed by atoms with van der Waals surface area (Å²) >= 11 is 0. The number of carbonyl (C=O) groups excluding carboxylic acids is 1. The lowest BCUT2D eigenvalue weighted by Crippen LogP contribution is -2.15. The lowest BCUT2D eigenvalue weighted by atomic mass is 9.95. The lowest BCUT2D eigenvalue weighted by Gasteiger charge is -2.19. The van der Waals surface area contributed by atoms with Gasteiger partial charge in [-0.05, 0) is 59.0 Å². The molecule has 0 N–H and O–H groups in total. The molecule has 0 unspecified atom stereocenters. The van der Waals surface area contributed by atoms with Gasteiger partial charge in [-0.3, -0.25) is 4.79 Å². The van der Waals surface area contributed by atoms with Crippen LogP contribution in [0.1, 0.15) is 27.0 Å². The molecule has 0 radical (unpaired) electrons. The standard InChI is InChI=1S/C26H24O5/c1-17-19(8-7-18-13-24(28-2)22(16-27)25(14-18)29-3)5-4-6-21(17)20-9-10-23-26(15-20)31-12-11-30-23/h4-10,13-16H,11-12H2,1-3H3/b8-7+. The molecule has 0 saturated heterocycles. The highest BCUT2D eigenvalue weighted by Gasteiger charge is 2.14. The van der Waals surface area contributed by atoms with Crippen molar-refractivity contribution in [3.05, 3.63) is 70.8 Å². The fourth-order valence-electron chi connectivity index (χ4n) is 3.72. The largest absolute Gasteiger partial charge is 0.496 e. The van der Waals surface area contributed by atoms with Crippen molar-refractivity contribution in [1.29, 1.82) is 0 Å². The molecule has 0 amide bonds. The van der Waals surface area contributed by atoms with Crippen LogP contribution in [0, 0.1) is 6.92 Å². The molecular formula is C26H24O5. The van der Waals surface area contributed by atoms with Gasteiger partial charge >= 0.3 is 0 Å². The van der Waals surface area contributed by atoms with E-state index in [1.54, 1.807) is 0 Å². The molecule has 1 aliphatic rings. The predicted octanol–water partition coefficient (Wildman–Crippen LogP) is 5.43. The number of benzene rings is 3. The molecule has 5 nitrogen and oxygen atoms in total. The van der Waals surface area contributed by atoms with Gasteiger partial charge in [0.1, 0.15) is 24.7 Å². The van der Waals surface area contributed by atoms with Crippen molar-refractivity contribution in [1.82, 2.24) is 0 Å². The van der Waals surface area contributed by atoms with Gasteiger partial charge in [-0.2, -0.15) is 0 Å². The molecule has 0 fully saturated rings. The molecule has 0 aromatic heterocycles. The summed E-state index contributed by atoms with van der Waals surface area (Å²) in [5.41, 5.74) is 5.73. The molecule has 0 spiro atoms. The summed E-state index contributed by atoms with van der Waals surface area (Å²) in [5.74, 6) is 2.52. The van der Waals surface area contributed by atoms with Crippen molar-refractivity contribution in [2.75, 3.05) is 27.4 Å². The van der Waals surface area contributed by atoms with Crippen molar-refractivity contribution >= 4 is 18.4 Å². The number of fused-ring (bicyclic) bond motifs is 1. The molecule has 158 valence electrons. The van der Waals surface area contributed by atoms with Gasteiger partial charge in [0.15, 0.2) is 17.8 Å². The van der Waals surface area contributed by atoms with Crippen LogP contribution in [0.3, 0.4) is 0 Å². The summed E-state index contributed by atoms with van der Waals surface area (Å²) in [4.78, 5) is 11.4. The third-order valence-corrected chi connectivity index (χ3v) is 5.37. The van der Waals surface area contributed by atoms with Gasteiger partial charge in [0.05, 0.1) is 19.8 Å². The quantitative estimate of drug-likeness (QED) is 0.396. The zero-order valence-corrected chi connectivity index (χ0v) is 17.8. The summed E-state index contributed by atoms with van der Waals surface area (Å²) in [6.07, 6.45) is 4.77. The van der Waals surface area contributed by atoms with Gasteiger partial charge in [0.2, 0.25) is 0 Å². The molecule has 31 heavy (non-hydrogen) atoms. The monoisotopic (exact) mass is 416 g/mol. The minimum Gasteiger partial charge on any atom is -0.496 e. The Morgan fingerprint density at radius 2 is 1.58 bits per heavy atom. The second-order valence-electron chi connectivity index (χ2n) is 7.17. The van der Waals surface area contributed by atoms with Gasteiger partial charge in [0, 0.05) is 0 Å². The lowest BCUT2D eigenvalue weighted by molar-refractivity contribution is 0.111. The van der Waals surface area contributed by atoms with Gasteiger partial charge in [-0.15, -0.1) is 0 Å². The van der Waals surface area contributed by atoms with E-state index in [1.807, 2.05) is 42.5 Å². The van der Waals surface area contributed by atoms with E-state index in [9.17, 15) is 4.79 Å². The van der Waals surface area contributed by atoms with Crippen LogP contribution in [0.5, 0.6) is 23.0 Å². The van der Waals surface area contributed by atoms with Gasteiger partial charge in [0.25, 0.3) is 0 Å². The van der Waals surface area contributed by atoms with Crippen LogP contribution in [0.25, 0.3) is 23.3 Å². The first-order valence-electron chi connectivity index (χ1n) is 10.0. The summed E-state index contributed by atoms with van der Waals surface area (Å²) in [7, 11) is 3.08. The van der Waals surface area contributed by atoms with Crippen LogP contribution >= 0.6 is 0 Å². The van der Waals surface area contributed by atoms with Crippen LogP contribution in [0.4, 0.5) is 0 Å². The average molecular weight is 416 g/mol. The van der Waals surface area contributed by atoms with E-state index < -0.39 is 0 Å². The maximum Gasteiger partial charge on any atom is 0.161 e. The molecule has 5 heteroatoms. The van der Waals surface area contributed by atoms with Crippen LogP contribution in [-0.4, -0.2) is 33.7 Å². The Bertz CT molecular complexity index is 1120. The average Bonchev–Trinajstić information content (AvgIpc) is 2.82. The van der Waals surface area contributed by atoms with E-state index in [0.717, 1.165) is 45.6 Å². The van der Waals surface area contributed by atoms with Crippen LogP contribution in [0.15, 0.2) is 48.5 Å². The molecule has 1 heterocycles. The summed E-state index contributed by atoms with van der Waals surface area (Å²) < 4.78 is 22.1. The zero-order chi connectivity index (χ0) is 21.8. The van der Waals surface area contributed by atoms with Crippen molar-refractivity contribution in [2.45, 2.75) is 6.92 Å². The normalized spacial score (nSPS) is 12.6. The molecule has 0 aliphatic carbocycles. The van der Waals surface area contributed by atoms with E-state index in [-0.39, 0.29) is 0 Å². The fourth-order valence-corrected chi connectivity index (χ4v) is 3.72. The third kappa shape index (κ3) is 4.12. The van der Waals surface area contributed by atoms with E-state index in [0.29, 0.717) is 30.3 Å². The zero-order valence-electron chi connectivity index (χ0n) is 17.8. The number of aldehydes is 1. The number of carbonyl (C=O) groups is 1. The Morgan fingerprint density at radius 3 is 2.26 bits per heavy atom. The first kappa shape index (κ1) is 20.5. The molecule has 1 aliphatic heterocycles. The number of methoxy groups -OCH3 is 2. The Hall–Kier alpha value is -3.73.